The topological polar surface area (TPSA) is 113 Å². The lowest BCUT2D eigenvalue weighted by Crippen LogP contribution is -2.58. The van der Waals surface area contributed by atoms with Gasteiger partial charge in [-0.25, -0.2) is 9.44 Å². The van der Waals surface area contributed by atoms with Gasteiger partial charge >= 0.3 is 10.2 Å². The number of hydrogen-bond acceptors (Lipinski definition) is 6. The third-order valence-electron chi connectivity index (χ3n) is 10.9. The van der Waals surface area contributed by atoms with Gasteiger partial charge in [0.05, 0.1) is 18.2 Å². The van der Waals surface area contributed by atoms with Crippen LogP contribution in [0.1, 0.15) is 79.3 Å². The summed E-state index contributed by atoms with van der Waals surface area (Å²) in [7, 11) is 1.11. The largest absolute Gasteiger partial charge is 0.497 e. The molecule has 4 aliphatic rings. The average Bonchev–Trinajstić information content (AvgIpc) is 3.45. The SMILES string of the molecule is CNS(=O)(=O)NC(=O)c1ccc2c(C3CCCCC3)c3n(c2c1)CC(C)(C(=O)N1C2CCC1CN(C)C2)Cc1cc(OC)ccc1-3. The van der Waals surface area contributed by atoms with E-state index in [2.05, 4.69) is 49.9 Å². The fourth-order valence-corrected chi connectivity index (χ4v) is 9.27. The van der Waals surface area contributed by atoms with Gasteiger partial charge in [0.2, 0.25) is 5.91 Å². The van der Waals surface area contributed by atoms with Crippen LogP contribution in [0.2, 0.25) is 0 Å². The molecule has 0 radical (unpaired) electrons. The normalized spacial score (nSPS) is 25.2. The number of nitrogens with one attached hydrogen (secondary N) is 2. The lowest BCUT2D eigenvalue weighted by atomic mass is 9.79. The number of nitrogens with zero attached hydrogens (tertiary/aromatic N) is 3. The number of fused-ring (bicyclic) bond motifs is 7. The Hall–Kier alpha value is -3.41. The Morgan fingerprint density at radius 1 is 0.978 bits per heavy atom. The van der Waals surface area contributed by atoms with Gasteiger partial charge in [-0.05, 0) is 93.5 Å². The minimum atomic E-state index is -3.97. The Labute approximate surface area is 271 Å². The number of rotatable bonds is 6. The number of benzene rings is 2. The van der Waals surface area contributed by atoms with Gasteiger partial charge in [0.15, 0.2) is 0 Å². The number of amides is 2. The van der Waals surface area contributed by atoms with Crippen LogP contribution in [0.3, 0.4) is 0 Å². The summed E-state index contributed by atoms with van der Waals surface area (Å²) in [6, 6.07) is 12.2. The summed E-state index contributed by atoms with van der Waals surface area (Å²) in [5, 5.41) is 1.06. The predicted molar refractivity (Wildman–Crippen MR) is 178 cm³/mol. The van der Waals surface area contributed by atoms with E-state index in [0.29, 0.717) is 18.9 Å². The first-order valence-corrected chi connectivity index (χ1v) is 18.1. The minimum absolute atomic E-state index is 0.185. The van der Waals surface area contributed by atoms with Crippen LogP contribution < -0.4 is 14.2 Å². The van der Waals surface area contributed by atoms with Crippen LogP contribution in [0.25, 0.3) is 22.2 Å². The highest BCUT2D eigenvalue weighted by Gasteiger charge is 2.49. The number of methoxy groups -OCH3 is 1. The van der Waals surface area contributed by atoms with Crippen LogP contribution in [0, 0.1) is 5.41 Å². The van der Waals surface area contributed by atoms with Crippen LogP contribution in [0.4, 0.5) is 0 Å². The van der Waals surface area contributed by atoms with E-state index in [9.17, 15) is 18.0 Å². The number of likely N-dealkylation sites (N-methyl/N-ethyl adjacent to an activating group) is 1. The molecule has 2 bridgehead atoms. The molecule has 2 saturated heterocycles. The molecule has 10 nitrogen and oxygen atoms in total. The molecule has 246 valence electrons. The quantitative estimate of drug-likeness (QED) is 0.410. The number of ether oxygens (including phenoxy) is 1. The van der Waals surface area contributed by atoms with Crippen LogP contribution >= 0.6 is 0 Å². The van der Waals surface area contributed by atoms with Gasteiger partial charge in [-0.2, -0.15) is 8.42 Å². The smallest absolute Gasteiger partial charge is 0.301 e. The molecule has 3 aliphatic heterocycles. The summed E-state index contributed by atoms with van der Waals surface area (Å²) in [6.45, 7) is 4.33. The van der Waals surface area contributed by atoms with E-state index in [1.165, 1.54) is 19.0 Å². The van der Waals surface area contributed by atoms with Crippen LogP contribution in [-0.4, -0.2) is 81.0 Å². The molecule has 2 amide bonds. The zero-order chi connectivity index (χ0) is 32.4. The van der Waals surface area contributed by atoms with E-state index >= 15 is 0 Å². The highest BCUT2D eigenvalue weighted by molar-refractivity contribution is 7.88. The monoisotopic (exact) mass is 647 g/mol. The van der Waals surface area contributed by atoms with Crippen LogP contribution in [0.5, 0.6) is 5.75 Å². The van der Waals surface area contributed by atoms with E-state index in [-0.39, 0.29) is 23.6 Å². The van der Waals surface area contributed by atoms with Crippen molar-refractivity contribution in [2.75, 3.05) is 34.3 Å². The maximum atomic E-state index is 14.9. The minimum Gasteiger partial charge on any atom is -0.497 e. The maximum absolute atomic E-state index is 14.9. The Morgan fingerprint density at radius 2 is 1.70 bits per heavy atom. The van der Waals surface area contributed by atoms with Crippen LogP contribution in [-0.2, 0) is 28.0 Å². The molecule has 46 heavy (non-hydrogen) atoms. The van der Waals surface area contributed by atoms with Crippen molar-refractivity contribution in [2.24, 2.45) is 5.41 Å². The molecule has 4 heterocycles. The molecule has 7 rings (SSSR count). The molecule has 0 spiro atoms. The molecule has 2 N–H and O–H groups in total. The van der Waals surface area contributed by atoms with Crippen LogP contribution in [0.15, 0.2) is 36.4 Å². The lowest BCUT2D eigenvalue weighted by molar-refractivity contribution is -0.147. The van der Waals surface area contributed by atoms with Crippen molar-refractivity contribution in [3.8, 4) is 17.0 Å². The van der Waals surface area contributed by atoms with Crippen molar-refractivity contribution in [2.45, 2.75) is 82.8 Å². The molecule has 11 heteroatoms. The molecule has 3 atom stereocenters. The predicted octanol–water partition coefficient (Wildman–Crippen LogP) is 4.43. The van der Waals surface area contributed by atoms with Crippen molar-refractivity contribution >= 4 is 32.9 Å². The van der Waals surface area contributed by atoms with Crippen molar-refractivity contribution < 1.29 is 22.7 Å². The van der Waals surface area contributed by atoms with E-state index in [0.717, 1.165) is 85.1 Å². The number of carbonyl (C=O) groups excluding carboxylic acids is 2. The Morgan fingerprint density at radius 3 is 2.37 bits per heavy atom. The van der Waals surface area contributed by atoms with Crippen molar-refractivity contribution in [1.82, 2.24) is 23.8 Å². The number of carbonyl (C=O) groups is 2. The summed E-state index contributed by atoms with van der Waals surface area (Å²) in [5.74, 6) is 0.601. The van der Waals surface area contributed by atoms with E-state index in [1.807, 2.05) is 18.2 Å². The Bertz CT molecular complexity index is 1800. The number of likely N-dealkylation sites (tertiary alicyclic amines) is 1. The molecule has 1 saturated carbocycles. The van der Waals surface area contributed by atoms with Gasteiger partial charge in [-0.15, -0.1) is 0 Å². The molecule has 2 aromatic carbocycles. The zero-order valence-electron chi connectivity index (χ0n) is 27.3. The highest BCUT2D eigenvalue weighted by atomic mass is 32.2. The standard InChI is InChI=1S/C35H45N5O5S/c1-35(34(42)40-25-11-12-26(40)20-38(3)19-25)18-24-16-27(45-4)13-15-28(24)32-31(22-8-6-5-7-9-22)29-14-10-23(17-30(29)39(32)21-35)33(41)37-46(43,44)36-2/h10,13-17,22,25-26,36H,5-9,11-12,18-21H2,1-4H3,(H,37,41). The number of aromatic nitrogens is 1. The summed E-state index contributed by atoms with van der Waals surface area (Å²) in [6.07, 6.45) is 8.34. The van der Waals surface area contributed by atoms with Gasteiger partial charge in [0, 0.05) is 60.8 Å². The first kappa shape index (κ1) is 31.2. The third-order valence-corrected chi connectivity index (χ3v) is 11.9. The molecule has 3 unspecified atom stereocenters. The lowest BCUT2D eigenvalue weighted by Gasteiger charge is -2.44. The second kappa shape index (κ2) is 11.7. The van der Waals surface area contributed by atoms with E-state index < -0.39 is 21.5 Å². The van der Waals surface area contributed by atoms with Gasteiger partial charge in [0.25, 0.3) is 5.91 Å². The van der Waals surface area contributed by atoms with Gasteiger partial charge < -0.3 is 19.1 Å². The van der Waals surface area contributed by atoms with E-state index in [1.54, 1.807) is 13.2 Å². The number of piperazine rings is 1. The summed E-state index contributed by atoms with van der Waals surface area (Å²) in [4.78, 5) is 32.6. The first-order chi connectivity index (χ1) is 22.0. The van der Waals surface area contributed by atoms with Gasteiger partial charge in [0.1, 0.15) is 5.75 Å². The van der Waals surface area contributed by atoms with Crippen molar-refractivity contribution in [3.05, 3.63) is 53.1 Å². The third kappa shape index (κ3) is 5.30. The molecular formula is C35H45N5O5S. The number of hydrogen-bond donors (Lipinski definition) is 2. The molecular weight excluding hydrogens is 602 g/mol. The Kier molecular flexibility index (Phi) is 7.92. The Balaban J connectivity index is 1.44. The fourth-order valence-electron chi connectivity index (χ4n) is 8.81. The first-order valence-electron chi connectivity index (χ1n) is 16.6. The second-order valence-electron chi connectivity index (χ2n) is 14.1. The zero-order valence-corrected chi connectivity index (χ0v) is 28.1. The molecule has 3 fully saturated rings. The molecule has 3 aromatic rings. The summed E-state index contributed by atoms with van der Waals surface area (Å²) >= 11 is 0. The summed E-state index contributed by atoms with van der Waals surface area (Å²) < 4.78 is 36.7. The summed E-state index contributed by atoms with van der Waals surface area (Å²) in [5.41, 5.74) is 4.92. The van der Waals surface area contributed by atoms with Crippen molar-refractivity contribution in [3.63, 3.8) is 0 Å². The molecule has 1 aromatic heterocycles. The highest BCUT2D eigenvalue weighted by Crippen LogP contribution is 2.49. The average molecular weight is 648 g/mol. The van der Waals surface area contributed by atoms with Gasteiger partial charge in [-0.3, -0.25) is 9.59 Å². The van der Waals surface area contributed by atoms with Crippen molar-refractivity contribution in [1.29, 1.82) is 0 Å². The maximum Gasteiger partial charge on any atom is 0.301 e. The molecule has 1 aliphatic carbocycles. The second-order valence-corrected chi connectivity index (χ2v) is 15.8. The fraction of sp³-hybridized carbons (Fsp3) is 0.543. The van der Waals surface area contributed by atoms with Gasteiger partial charge in [-0.1, -0.05) is 25.3 Å². The van der Waals surface area contributed by atoms with E-state index in [4.69, 9.17) is 4.74 Å².